The molecule has 0 fully saturated rings. The van der Waals surface area contributed by atoms with Gasteiger partial charge in [-0.3, -0.25) is 46.9 Å². The summed E-state index contributed by atoms with van der Waals surface area (Å²) >= 11 is 0. The number of hydrogen-bond donors (Lipinski definition) is 17. The third-order valence-electron chi connectivity index (χ3n) is 5.57. The Bertz CT molecular complexity index is 1580. The maximum Gasteiger partial charge on any atom is 0.469 e. The lowest BCUT2D eigenvalue weighted by atomic mass is 10.2. The second kappa shape index (κ2) is 23.0. The van der Waals surface area contributed by atoms with Crippen LogP contribution in [0.2, 0.25) is 0 Å². The Balaban J connectivity index is 5.44. The van der Waals surface area contributed by atoms with E-state index in [1.807, 2.05) is 21.3 Å². The van der Waals surface area contributed by atoms with E-state index in [0.717, 1.165) is 0 Å². The van der Waals surface area contributed by atoms with Crippen molar-refractivity contribution in [2.24, 2.45) is 5.73 Å². The number of hydrogen-bond acceptors (Lipinski definition) is 17. The van der Waals surface area contributed by atoms with Crippen LogP contribution in [0.15, 0.2) is 0 Å². The fourth-order valence-electron chi connectivity index (χ4n) is 3.13. The highest BCUT2D eigenvalue weighted by Gasteiger charge is 2.32. The molecule has 0 aromatic carbocycles. The standard InChI is InChI=1S/C19H37N7O25P4/c20-8(4-48-52(36,37)38)15(30)25-10(5-49-53(39,40)41)17(32)22-1-13(28)23-9(3-27)16(31)21-2-14(29)24-11(6-50-54(42,43)44)18(33)26-12(19(34)35)7-51-55(45,46)47/h8-12,27H,1-7,20H2,(H,21,31)(H,22,32)(H,23,28)(H,24,29)(H,25,30)(H,26,33)(H,34,35)(H2,36,37,38)(H2,39,40,41)(H2,42,43,44)(H2,45,46,47)/t8-,9-,10-,11-,12-/m0/s1. The van der Waals surface area contributed by atoms with Crippen LogP contribution in [0.4, 0.5) is 0 Å². The Morgan fingerprint density at radius 3 is 1.20 bits per heavy atom. The number of phosphoric ester groups is 4. The number of carbonyl (C=O) groups excluding carboxylic acids is 6. The maximum absolute atomic E-state index is 12.6. The third-order valence-corrected chi connectivity index (χ3v) is 7.51. The number of nitrogens with two attached hydrogens (primary N) is 1. The molecule has 0 aliphatic carbocycles. The van der Waals surface area contributed by atoms with Crippen molar-refractivity contribution in [2.45, 2.75) is 30.2 Å². The van der Waals surface area contributed by atoms with Gasteiger partial charge in [0.1, 0.15) is 24.2 Å². The van der Waals surface area contributed by atoms with E-state index in [-0.39, 0.29) is 0 Å². The van der Waals surface area contributed by atoms with E-state index < -0.39 is 149 Å². The highest BCUT2D eigenvalue weighted by molar-refractivity contribution is 7.47. The number of carbonyl (C=O) groups is 7. The Hall–Kier alpha value is -3.35. The molecule has 36 heteroatoms. The molecule has 0 aromatic rings. The predicted octanol–water partition coefficient (Wildman–Crippen LogP) is -9.00. The molecule has 0 aliphatic heterocycles. The van der Waals surface area contributed by atoms with E-state index in [1.165, 1.54) is 0 Å². The van der Waals surface area contributed by atoms with Gasteiger partial charge < -0.3 is 87.0 Å². The zero-order valence-electron chi connectivity index (χ0n) is 27.3. The number of rotatable bonds is 26. The third kappa shape index (κ3) is 25.4. The van der Waals surface area contributed by atoms with E-state index in [0.29, 0.717) is 0 Å². The van der Waals surface area contributed by atoms with Gasteiger partial charge in [-0.05, 0) is 0 Å². The number of aliphatic hydroxyl groups is 1. The molecular weight excluding hydrogens is 850 g/mol. The van der Waals surface area contributed by atoms with Gasteiger partial charge in [0.15, 0.2) is 6.04 Å². The van der Waals surface area contributed by atoms with Gasteiger partial charge in [-0.15, -0.1) is 0 Å². The van der Waals surface area contributed by atoms with E-state index in [2.05, 4.69) is 18.1 Å². The van der Waals surface area contributed by atoms with Gasteiger partial charge in [-0.1, -0.05) is 0 Å². The summed E-state index contributed by atoms with van der Waals surface area (Å²) in [6, 6.07) is -10.1. The number of amides is 6. The normalized spacial score (nSPS) is 14.9. The van der Waals surface area contributed by atoms with E-state index in [4.69, 9.17) is 50.0 Å². The lowest BCUT2D eigenvalue weighted by Gasteiger charge is -2.22. The van der Waals surface area contributed by atoms with Crippen LogP contribution < -0.4 is 37.6 Å². The molecule has 0 radical (unpaired) electrons. The largest absolute Gasteiger partial charge is 0.480 e. The molecule has 0 aromatic heterocycles. The van der Waals surface area contributed by atoms with Gasteiger partial charge >= 0.3 is 37.3 Å². The summed E-state index contributed by atoms with van der Waals surface area (Å²) in [4.78, 5) is 156. The number of phosphoric acid groups is 4. The smallest absolute Gasteiger partial charge is 0.469 e. The summed E-state index contributed by atoms with van der Waals surface area (Å²) in [7, 11) is -20.9. The first-order chi connectivity index (χ1) is 24.9. The molecule has 6 amide bonds. The van der Waals surface area contributed by atoms with Gasteiger partial charge in [0.2, 0.25) is 35.4 Å². The van der Waals surface area contributed by atoms with Crippen molar-refractivity contribution in [3.05, 3.63) is 0 Å². The number of aliphatic carboxylic acids is 1. The molecule has 0 rings (SSSR count). The van der Waals surface area contributed by atoms with Crippen LogP contribution in [0.1, 0.15) is 0 Å². The average Bonchev–Trinajstić information content (AvgIpc) is 3.03. The zero-order chi connectivity index (χ0) is 42.9. The van der Waals surface area contributed by atoms with Gasteiger partial charge in [0.05, 0.1) is 46.1 Å². The van der Waals surface area contributed by atoms with Crippen LogP contribution in [0.3, 0.4) is 0 Å². The van der Waals surface area contributed by atoms with E-state index in [9.17, 15) is 56.9 Å². The molecule has 0 saturated heterocycles. The molecule has 32 nitrogen and oxygen atoms in total. The minimum absolute atomic E-state index is 1.08. The lowest BCUT2D eigenvalue weighted by molar-refractivity contribution is -0.143. The fourth-order valence-corrected chi connectivity index (χ4v) is 4.51. The first kappa shape index (κ1) is 51.6. The molecule has 0 spiro atoms. The number of aliphatic hydroxyl groups excluding tert-OH is 1. The van der Waals surface area contributed by atoms with Gasteiger partial charge in [-0.25, -0.2) is 23.1 Å². The molecular formula is C19H37N7O25P4. The monoisotopic (exact) mass is 887 g/mol. The van der Waals surface area contributed by atoms with Crippen molar-refractivity contribution in [1.82, 2.24) is 31.9 Å². The van der Waals surface area contributed by atoms with E-state index >= 15 is 0 Å². The van der Waals surface area contributed by atoms with Crippen LogP contribution >= 0.6 is 31.3 Å². The highest BCUT2D eigenvalue weighted by Crippen LogP contribution is 2.37. The van der Waals surface area contributed by atoms with Gasteiger partial charge in [-0.2, -0.15) is 0 Å². The summed E-state index contributed by atoms with van der Waals surface area (Å²) < 4.78 is 60.1. The fraction of sp³-hybridized carbons (Fsp3) is 0.632. The van der Waals surface area contributed by atoms with E-state index in [1.54, 1.807) is 10.6 Å². The molecule has 0 heterocycles. The maximum atomic E-state index is 12.6. The topological polar surface area (TPSA) is 525 Å². The predicted molar refractivity (Wildman–Crippen MR) is 168 cm³/mol. The van der Waals surface area contributed by atoms with Gasteiger partial charge in [0, 0.05) is 0 Å². The summed E-state index contributed by atoms with van der Waals surface area (Å²) in [5, 5.41) is 29.6. The zero-order valence-corrected chi connectivity index (χ0v) is 30.9. The second-order valence-electron chi connectivity index (χ2n) is 10.1. The minimum Gasteiger partial charge on any atom is -0.480 e. The molecule has 318 valence electrons. The minimum atomic E-state index is -5.33. The van der Waals surface area contributed by atoms with Crippen molar-refractivity contribution >= 4 is 72.7 Å². The molecule has 0 aliphatic rings. The molecule has 0 bridgehead atoms. The molecule has 0 saturated carbocycles. The second-order valence-corrected chi connectivity index (χ2v) is 15.0. The Labute approximate surface area is 306 Å². The summed E-state index contributed by atoms with van der Waals surface area (Å²) in [6.07, 6.45) is 0. The Kier molecular flexibility index (Phi) is 21.6. The van der Waals surface area contributed by atoms with Crippen molar-refractivity contribution in [1.29, 1.82) is 0 Å². The number of carboxylic acids is 1. The quantitative estimate of drug-likeness (QED) is 0.0359. The summed E-state index contributed by atoms with van der Waals surface area (Å²) in [5.41, 5.74) is 5.38. The number of carboxylic acid groups (broad SMARTS) is 1. The van der Waals surface area contributed by atoms with Crippen LogP contribution in [-0.4, -0.2) is 167 Å². The molecule has 55 heavy (non-hydrogen) atoms. The van der Waals surface area contributed by atoms with Crippen molar-refractivity contribution in [2.75, 3.05) is 46.1 Å². The number of nitrogens with one attached hydrogen (secondary N) is 6. The van der Waals surface area contributed by atoms with Crippen molar-refractivity contribution in [3.8, 4) is 0 Å². The summed E-state index contributed by atoms with van der Waals surface area (Å²) in [6.45, 7) is -8.37. The summed E-state index contributed by atoms with van der Waals surface area (Å²) in [5.74, 6) is -10.1. The van der Waals surface area contributed by atoms with Crippen LogP contribution in [0.5, 0.6) is 0 Å². The SMILES string of the molecule is N[C@@H](COP(=O)(O)O)C(=O)N[C@@H](COP(=O)(O)O)C(=O)NCC(=O)N[C@@H](CO)C(=O)NCC(=O)N[C@@H](COP(=O)(O)O)C(=O)N[C@@H](COP(=O)(O)O)C(=O)O. The van der Waals surface area contributed by atoms with Crippen molar-refractivity contribution < 1.29 is 119 Å². The average molecular weight is 887 g/mol. The van der Waals surface area contributed by atoms with Crippen molar-refractivity contribution in [3.63, 3.8) is 0 Å². The van der Waals surface area contributed by atoms with Gasteiger partial charge in [0.25, 0.3) is 0 Å². The molecule has 18 N–H and O–H groups in total. The first-order valence-electron chi connectivity index (χ1n) is 14.1. The van der Waals surface area contributed by atoms with Crippen LogP contribution in [0, 0.1) is 0 Å². The van der Waals surface area contributed by atoms with Crippen LogP contribution in [-0.2, 0) is 69.9 Å². The molecule has 5 atom stereocenters. The first-order valence-corrected chi connectivity index (χ1v) is 20.2. The Morgan fingerprint density at radius 2 is 0.818 bits per heavy atom. The van der Waals surface area contributed by atoms with Crippen LogP contribution in [0.25, 0.3) is 0 Å². The molecule has 0 unspecified atom stereocenters. The highest BCUT2D eigenvalue weighted by atomic mass is 31.2. The lowest BCUT2D eigenvalue weighted by Crippen LogP contribution is -2.57. The Morgan fingerprint density at radius 1 is 0.491 bits per heavy atom.